The molecule has 0 aromatic carbocycles. The molecule has 1 fully saturated rings. The van der Waals surface area contributed by atoms with Crippen molar-refractivity contribution in [2.45, 2.75) is 19.4 Å². The van der Waals surface area contributed by atoms with Crippen molar-refractivity contribution in [3.63, 3.8) is 0 Å². The highest BCUT2D eigenvalue weighted by Gasteiger charge is 2.50. The second kappa shape index (κ2) is 8.05. The van der Waals surface area contributed by atoms with Crippen molar-refractivity contribution in [3.05, 3.63) is 0 Å². The van der Waals surface area contributed by atoms with Gasteiger partial charge in [-0.1, -0.05) is 0 Å². The van der Waals surface area contributed by atoms with Crippen molar-refractivity contribution in [1.29, 1.82) is 0 Å². The van der Waals surface area contributed by atoms with Crippen LogP contribution in [-0.2, 0) is 4.79 Å². The van der Waals surface area contributed by atoms with Crippen LogP contribution in [0.3, 0.4) is 0 Å². The summed E-state index contributed by atoms with van der Waals surface area (Å²) in [7, 11) is 0. The van der Waals surface area contributed by atoms with E-state index < -0.39 is 11.6 Å². The second-order valence-electron chi connectivity index (χ2n) is 4.47. The van der Waals surface area contributed by atoms with Crippen LogP contribution in [0.5, 0.6) is 0 Å². The van der Waals surface area contributed by atoms with Crippen molar-refractivity contribution in [3.8, 4) is 0 Å². The first-order valence-electron chi connectivity index (χ1n) is 6.13. The number of imide groups is 1. The van der Waals surface area contributed by atoms with Crippen LogP contribution < -0.4 is 11.5 Å². The van der Waals surface area contributed by atoms with Gasteiger partial charge in [0.25, 0.3) is 5.91 Å². The molecule has 1 heterocycles. The van der Waals surface area contributed by atoms with Crippen molar-refractivity contribution in [2.24, 2.45) is 11.5 Å². The van der Waals surface area contributed by atoms with Crippen molar-refractivity contribution < 1.29 is 19.8 Å². The lowest BCUT2D eigenvalue weighted by atomic mass is 10.0. The number of aliphatic hydroxyl groups is 2. The van der Waals surface area contributed by atoms with Gasteiger partial charge < -0.3 is 26.6 Å². The van der Waals surface area contributed by atoms with Crippen LogP contribution in [0.1, 0.15) is 13.8 Å². The first-order chi connectivity index (χ1) is 8.88. The number of urea groups is 1. The summed E-state index contributed by atoms with van der Waals surface area (Å²) in [4.78, 5) is 25.8. The lowest BCUT2D eigenvalue weighted by Crippen LogP contribution is -2.45. The monoisotopic (exact) mass is 276 g/mol. The van der Waals surface area contributed by atoms with E-state index in [2.05, 4.69) is 0 Å². The maximum atomic E-state index is 11.8. The number of hydrogen-bond acceptors (Lipinski definition) is 6. The van der Waals surface area contributed by atoms with Crippen molar-refractivity contribution in [1.82, 2.24) is 9.80 Å². The van der Waals surface area contributed by atoms with Crippen molar-refractivity contribution >= 4 is 11.9 Å². The van der Waals surface area contributed by atoms with Crippen LogP contribution in [0.2, 0.25) is 0 Å². The molecule has 0 radical (unpaired) electrons. The van der Waals surface area contributed by atoms with Gasteiger partial charge in [-0.15, -0.1) is 0 Å². The van der Waals surface area contributed by atoms with Crippen LogP contribution in [0, 0.1) is 0 Å². The summed E-state index contributed by atoms with van der Waals surface area (Å²) in [5.41, 5.74) is 8.87. The second-order valence-corrected chi connectivity index (χ2v) is 4.47. The number of β-amino-alcohol motifs (C(OH)–C–C–N with tert-alkyl or cyclic N) is 2. The van der Waals surface area contributed by atoms with Crippen LogP contribution in [0.25, 0.3) is 0 Å². The number of nitrogens with two attached hydrogens (primary N) is 2. The molecule has 3 amide bonds. The Morgan fingerprint density at radius 3 is 1.89 bits per heavy atom. The van der Waals surface area contributed by atoms with E-state index in [9.17, 15) is 9.59 Å². The number of nitrogens with zero attached hydrogens (tertiary/aromatic N) is 2. The van der Waals surface area contributed by atoms with E-state index in [1.165, 1.54) is 4.90 Å². The minimum Gasteiger partial charge on any atom is -0.395 e. The zero-order valence-corrected chi connectivity index (χ0v) is 11.5. The first kappa shape index (κ1) is 17.8. The Morgan fingerprint density at radius 1 is 1.05 bits per heavy atom. The number of hydrogen-bond donors (Lipinski definition) is 4. The minimum atomic E-state index is -0.936. The Bertz CT molecular complexity index is 307. The zero-order chi connectivity index (χ0) is 15.1. The molecule has 0 bridgehead atoms. The molecule has 0 atom stereocenters. The topological polar surface area (TPSA) is 133 Å². The summed E-state index contributed by atoms with van der Waals surface area (Å²) >= 11 is 0. The number of aliphatic hydroxyl groups excluding tert-OH is 2. The molecule has 19 heavy (non-hydrogen) atoms. The minimum absolute atomic E-state index is 0.00300. The predicted molar refractivity (Wildman–Crippen MR) is 70.2 cm³/mol. The highest BCUT2D eigenvalue weighted by Crippen LogP contribution is 2.26. The summed E-state index contributed by atoms with van der Waals surface area (Å²) in [6.07, 6.45) is 0. The van der Waals surface area contributed by atoms with E-state index in [-0.39, 0.29) is 32.2 Å². The molecular formula is C11H24N4O4. The summed E-state index contributed by atoms with van der Waals surface area (Å²) in [5.74, 6) is -0.338. The van der Waals surface area contributed by atoms with Crippen LogP contribution in [0.15, 0.2) is 0 Å². The maximum Gasteiger partial charge on any atom is 0.327 e. The molecule has 1 aliphatic rings. The first-order valence-corrected chi connectivity index (χ1v) is 6.13. The summed E-state index contributed by atoms with van der Waals surface area (Å²) in [6, 6.07) is -0.451. The third kappa shape index (κ3) is 4.13. The lowest BCUT2D eigenvalue weighted by Gasteiger charge is -2.26. The van der Waals surface area contributed by atoms with Crippen LogP contribution in [-0.4, -0.2) is 76.9 Å². The maximum absolute atomic E-state index is 11.8. The Kier molecular flexibility index (Phi) is 7.53. The molecule has 0 aliphatic carbocycles. The molecule has 0 saturated carbocycles. The van der Waals surface area contributed by atoms with E-state index in [1.807, 2.05) is 0 Å². The number of amides is 3. The Balaban J connectivity index is 0.000000711. The van der Waals surface area contributed by atoms with E-state index in [1.54, 1.807) is 13.8 Å². The standard InChI is InChI=1S/C9H16N2O4.C2H8N2/c1-9(2)7(14)10(3-5-12)8(15)11(9)4-6-13;3-1-2-4/h12-13H,3-6H2,1-2H3;1-4H2. The average Bonchev–Trinajstić information content (AvgIpc) is 2.54. The van der Waals surface area contributed by atoms with Gasteiger partial charge in [-0.05, 0) is 13.8 Å². The molecular weight excluding hydrogens is 252 g/mol. The van der Waals surface area contributed by atoms with E-state index in [4.69, 9.17) is 21.7 Å². The van der Waals surface area contributed by atoms with Gasteiger partial charge in [0.1, 0.15) is 5.54 Å². The number of rotatable bonds is 5. The van der Waals surface area contributed by atoms with Gasteiger partial charge in [0, 0.05) is 19.6 Å². The Hall–Kier alpha value is -1.22. The predicted octanol–water partition coefficient (Wildman–Crippen LogP) is -2.08. The van der Waals surface area contributed by atoms with Gasteiger partial charge in [0.15, 0.2) is 0 Å². The van der Waals surface area contributed by atoms with E-state index in [0.29, 0.717) is 13.1 Å². The molecule has 0 aromatic heterocycles. The third-order valence-electron chi connectivity index (χ3n) is 2.72. The highest BCUT2D eigenvalue weighted by atomic mass is 16.3. The van der Waals surface area contributed by atoms with Crippen molar-refractivity contribution in [2.75, 3.05) is 39.4 Å². The molecule has 6 N–H and O–H groups in total. The number of carbonyl (C=O) groups excluding carboxylic acids is 2. The summed E-state index contributed by atoms with van der Waals surface area (Å²) in [6.45, 7) is 4.14. The molecule has 1 saturated heterocycles. The van der Waals surface area contributed by atoms with Crippen LogP contribution >= 0.6 is 0 Å². The molecule has 1 aliphatic heterocycles. The quantitative estimate of drug-likeness (QED) is 0.426. The molecule has 1 rings (SSSR count). The smallest absolute Gasteiger partial charge is 0.327 e. The Labute approximate surface area is 112 Å². The SMILES string of the molecule is CC1(C)C(=O)N(CCO)C(=O)N1CCO.NCCN. The van der Waals surface area contributed by atoms with Gasteiger partial charge >= 0.3 is 6.03 Å². The molecule has 112 valence electrons. The normalized spacial score (nSPS) is 17.6. The number of carbonyl (C=O) groups is 2. The zero-order valence-electron chi connectivity index (χ0n) is 11.5. The largest absolute Gasteiger partial charge is 0.395 e. The van der Waals surface area contributed by atoms with Gasteiger partial charge in [-0.25, -0.2) is 4.79 Å². The van der Waals surface area contributed by atoms with Gasteiger partial charge in [0.05, 0.1) is 19.8 Å². The lowest BCUT2D eigenvalue weighted by molar-refractivity contribution is -0.132. The molecule has 0 unspecified atom stereocenters. The fourth-order valence-corrected chi connectivity index (χ4v) is 1.69. The fraction of sp³-hybridized carbons (Fsp3) is 0.818. The summed E-state index contributed by atoms with van der Waals surface area (Å²) in [5, 5.41) is 17.5. The molecule has 0 aromatic rings. The highest BCUT2D eigenvalue weighted by molar-refractivity contribution is 6.06. The van der Waals surface area contributed by atoms with E-state index >= 15 is 0 Å². The fourth-order valence-electron chi connectivity index (χ4n) is 1.69. The molecule has 8 heteroatoms. The Morgan fingerprint density at radius 2 is 1.53 bits per heavy atom. The third-order valence-corrected chi connectivity index (χ3v) is 2.72. The van der Waals surface area contributed by atoms with Crippen LogP contribution in [0.4, 0.5) is 4.79 Å². The summed E-state index contributed by atoms with van der Waals surface area (Å²) < 4.78 is 0. The molecule has 0 spiro atoms. The van der Waals surface area contributed by atoms with Gasteiger partial charge in [-0.3, -0.25) is 9.69 Å². The van der Waals surface area contributed by atoms with E-state index in [0.717, 1.165) is 4.90 Å². The van der Waals surface area contributed by atoms with Gasteiger partial charge in [-0.2, -0.15) is 0 Å². The molecule has 8 nitrogen and oxygen atoms in total. The average molecular weight is 276 g/mol. The van der Waals surface area contributed by atoms with Gasteiger partial charge in [0.2, 0.25) is 0 Å².